The molecule has 1 saturated heterocycles. The van der Waals surface area contributed by atoms with E-state index in [9.17, 15) is 14.0 Å². The second-order valence-corrected chi connectivity index (χ2v) is 7.49. The fraction of sp³-hybridized carbons (Fsp3) is 0.250. The van der Waals surface area contributed by atoms with Gasteiger partial charge in [-0.1, -0.05) is 11.3 Å². The molecule has 0 bridgehead atoms. The summed E-state index contributed by atoms with van der Waals surface area (Å²) in [6.07, 6.45) is 1.49. The molecule has 0 radical (unpaired) electrons. The molecule has 3 heterocycles. The van der Waals surface area contributed by atoms with Crippen LogP contribution in [0.2, 0.25) is 0 Å². The summed E-state index contributed by atoms with van der Waals surface area (Å²) in [4.78, 5) is 34.2. The van der Waals surface area contributed by atoms with E-state index in [0.717, 1.165) is 6.42 Å². The molecule has 1 aliphatic heterocycles. The van der Waals surface area contributed by atoms with Crippen LogP contribution in [0.3, 0.4) is 0 Å². The molecular formula is C16H13FN4O2S2. The number of anilines is 2. The maximum absolute atomic E-state index is 13.2. The van der Waals surface area contributed by atoms with Gasteiger partial charge in [0.05, 0.1) is 22.3 Å². The third-order valence-corrected chi connectivity index (χ3v) is 5.63. The van der Waals surface area contributed by atoms with Crippen LogP contribution < -0.4 is 10.2 Å². The SMILES string of the molecule is O=C(Cc1csc(N2CCCC2=O)n1)Nc1nc2ccc(F)cc2s1. The van der Waals surface area contributed by atoms with Crippen molar-refractivity contribution in [2.24, 2.45) is 0 Å². The van der Waals surface area contributed by atoms with Gasteiger partial charge in [-0.25, -0.2) is 14.4 Å². The predicted molar refractivity (Wildman–Crippen MR) is 95.6 cm³/mol. The summed E-state index contributed by atoms with van der Waals surface area (Å²) in [5, 5.41) is 5.57. The zero-order valence-corrected chi connectivity index (χ0v) is 14.6. The zero-order chi connectivity index (χ0) is 17.4. The van der Waals surface area contributed by atoms with E-state index in [2.05, 4.69) is 15.3 Å². The summed E-state index contributed by atoms with van der Waals surface area (Å²) in [6, 6.07) is 4.31. The molecule has 6 nitrogen and oxygen atoms in total. The number of benzene rings is 1. The smallest absolute Gasteiger partial charge is 0.232 e. The Labute approximate surface area is 150 Å². The average Bonchev–Trinajstić information content (AvgIpc) is 3.26. The van der Waals surface area contributed by atoms with E-state index in [0.29, 0.717) is 39.1 Å². The average molecular weight is 376 g/mol. The van der Waals surface area contributed by atoms with E-state index in [-0.39, 0.29) is 24.1 Å². The second-order valence-electron chi connectivity index (χ2n) is 5.63. The number of nitrogens with zero attached hydrogens (tertiary/aromatic N) is 3. The molecule has 0 aliphatic carbocycles. The molecule has 0 unspecified atom stereocenters. The fourth-order valence-electron chi connectivity index (χ4n) is 2.63. The molecule has 1 fully saturated rings. The van der Waals surface area contributed by atoms with E-state index in [1.165, 1.54) is 34.8 Å². The van der Waals surface area contributed by atoms with E-state index in [4.69, 9.17) is 0 Å². The first-order valence-corrected chi connectivity index (χ1v) is 9.39. The van der Waals surface area contributed by atoms with Crippen molar-refractivity contribution in [2.45, 2.75) is 19.3 Å². The maximum Gasteiger partial charge on any atom is 0.232 e. The second kappa shape index (κ2) is 6.49. The van der Waals surface area contributed by atoms with Crippen LogP contribution in [0.15, 0.2) is 23.6 Å². The molecule has 4 rings (SSSR count). The predicted octanol–water partition coefficient (Wildman–Crippen LogP) is 3.20. The van der Waals surface area contributed by atoms with Gasteiger partial charge >= 0.3 is 0 Å². The Bertz CT molecular complexity index is 968. The highest BCUT2D eigenvalue weighted by Crippen LogP contribution is 2.27. The van der Waals surface area contributed by atoms with Crippen molar-refractivity contribution >= 4 is 55.0 Å². The summed E-state index contributed by atoms with van der Waals surface area (Å²) in [6.45, 7) is 0.681. The number of carbonyl (C=O) groups is 2. The highest BCUT2D eigenvalue weighted by Gasteiger charge is 2.24. The summed E-state index contributed by atoms with van der Waals surface area (Å²) in [5.74, 6) is -0.503. The van der Waals surface area contributed by atoms with Crippen molar-refractivity contribution in [2.75, 3.05) is 16.8 Å². The van der Waals surface area contributed by atoms with Gasteiger partial charge in [0.15, 0.2) is 10.3 Å². The summed E-state index contributed by atoms with van der Waals surface area (Å²) >= 11 is 2.59. The minimum Gasteiger partial charge on any atom is -0.302 e. The molecule has 0 spiro atoms. The largest absolute Gasteiger partial charge is 0.302 e. The molecular weight excluding hydrogens is 363 g/mol. The highest BCUT2D eigenvalue weighted by atomic mass is 32.1. The Hall–Kier alpha value is -2.39. The standard InChI is InChI=1S/C16H13FN4O2S2/c17-9-3-4-11-12(6-9)25-15(19-11)20-13(22)7-10-8-24-16(18-10)21-5-1-2-14(21)23/h3-4,6,8H,1-2,5,7H2,(H,19,20,22). The van der Waals surface area contributed by atoms with Gasteiger partial charge in [-0.3, -0.25) is 14.5 Å². The number of thiazole rings is 2. The van der Waals surface area contributed by atoms with Crippen LogP contribution >= 0.6 is 22.7 Å². The van der Waals surface area contributed by atoms with E-state index >= 15 is 0 Å². The van der Waals surface area contributed by atoms with Crippen LogP contribution in [0.4, 0.5) is 14.7 Å². The lowest BCUT2D eigenvalue weighted by molar-refractivity contribution is -0.117. The van der Waals surface area contributed by atoms with Crippen LogP contribution in [-0.4, -0.2) is 28.3 Å². The number of fused-ring (bicyclic) bond motifs is 1. The van der Waals surface area contributed by atoms with Crippen LogP contribution in [-0.2, 0) is 16.0 Å². The highest BCUT2D eigenvalue weighted by molar-refractivity contribution is 7.22. The minimum absolute atomic E-state index is 0.0760. The minimum atomic E-state index is -0.333. The third-order valence-electron chi connectivity index (χ3n) is 3.78. The Kier molecular flexibility index (Phi) is 4.18. The van der Waals surface area contributed by atoms with Crippen LogP contribution in [0.5, 0.6) is 0 Å². The Morgan fingerprint density at radius 1 is 1.36 bits per heavy atom. The maximum atomic E-state index is 13.2. The van der Waals surface area contributed by atoms with Gasteiger partial charge in [-0.15, -0.1) is 11.3 Å². The lowest BCUT2D eigenvalue weighted by Crippen LogP contribution is -2.23. The first-order valence-electron chi connectivity index (χ1n) is 7.69. The van der Waals surface area contributed by atoms with Crippen LogP contribution in [0.1, 0.15) is 18.5 Å². The van der Waals surface area contributed by atoms with Gasteiger partial charge in [0.2, 0.25) is 11.8 Å². The first kappa shape index (κ1) is 16.1. The molecule has 0 saturated carbocycles. The lowest BCUT2D eigenvalue weighted by atomic mass is 10.3. The van der Waals surface area contributed by atoms with Crippen molar-refractivity contribution in [3.8, 4) is 0 Å². The van der Waals surface area contributed by atoms with Crippen LogP contribution in [0, 0.1) is 5.82 Å². The molecule has 128 valence electrons. The van der Waals surface area contributed by atoms with Gasteiger partial charge < -0.3 is 5.32 Å². The first-order chi connectivity index (χ1) is 12.1. The Morgan fingerprint density at radius 2 is 2.24 bits per heavy atom. The quantitative estimate of drug-likeness (QED) is 0.759. The van der Waals surface area contributed by atoms with Crippen molar-refractivity contribution in [1.82, 2.24) is 9.97 Å². The third kappa shape index (κ3) is 3.38. The molecule has 25 heavy (non-hydrogen) atoms. The number of aromatic nitrogens is 2. The number of nitrogens with one attached hydrogen (secondary N) is 1. The van der Waals surface area contributed by atoms with E-state index in [1.807, 2.05) is 0 Å². The van der Waals surface area contributed by atoms with Gasteiger partial charge in [0, 0.05) is 18.3 Å². The van der Waals surface area contributed by atoms with E-state index < -0.39 is 0 Å². The Morgan fingerprint density at radius 3 is 3.04 bits per heavy atom. The van der Waals surface area contributed by atoms with Crippen molar-refractivity contribution in [3.05, 3.63) is 35.1 Å². The van der Waals surface area contributed by atoms with E-state index in [1.54, 1.807) is 16.3 Å². The molecule has 2 amide bonds. The monoisotopic (exact) mass is 376 g/mol. The van der Waals surface area contributed by atoms with Crippen molar-refractivity contribution < 1.29 is 14.0 Å². The molecule has 2 aromatic heterocycles. The summed E-state index contributed by atoms with van der Waals surface area (Å²) in [5.41, 5.74) is 1.26. The summed E-state index contributed by atoms with van der Waals surface area (Å²) in [7, 11) is 0. The van der Waals surface area contributed by atoms with Gasteiger partial charge in [-0.05, 0) is 24.6 Å². The molecule has 1 aliphatic rings. The number of hydrogen-bond acceptors (Lipinski definition) is 6. The van der Waals surface area contributed by atoms with Crippen molar-refractivity contribution in [1.29, 1.82) is 0 Å². The van der Waals surface area contributed by atoms with Crippen molar-refractivity contribution in [3.63, 3.8) is 0 Å². The molecule has 1 N–H and O–H groups in total. The number of halogens is 1. The Balaban J connectivity index is 1.43. The van der Waals surface area contributed by atoms with Gasteiger partial charge in [0.25, 0.3) is 0 Å². The molecule has 3 aromatic rings. The normalized spacial score (nSPS) is 14.4. The number of hydrogen-bond donors (Lipinski definition) is 1. The molecule has 0 atom stereocenters. The van der Waals surface area contributed by atoms with Gasteiger partial charge in [-0.2, -0.15) is 0 Å². The topological polar surface area (TPSA) is 75.2 Å². The fourth-order valence-corrected chi connectivity index (χ4v) is 4.41. The molecule has 9 heteroatoms. The van der Waals surface area contributed by atoms with Crippen LogP contribution in [0.25, 0.3) is 10.2 Å². The van der Waals surface area contributed by atoms with Gasteiger partial charge in [0.1, 0.15) is 5.82 Å². The number of amides is 2. The lowest BCUT2D eigenvalue weighted by Gasteiger charge is -2.10. The molecule has 1 aromatic carbocycles. The summed E-state index contributed by atoms with van der Waals surface area (Å²) < 4.78 is 13.9. The number of carbonyl (C=O) groups excluding carboxylic acids is 2. The zero-order valence-electron chi connectivity index (χ0n) is 13.0. The number of rotatable bonds is 4.